The topological polar surface area (TPSA) is 99.3 Å². The molecule has 1 aromatic carbocycles. The molecule has 0 radical (unpaired) electrons. The SMILES string of the molecule is CCCCN(CCCC)S(=O)(=O)c1ccc(C(=O)Nc2sc3c(c2C(=O)N2CCOCC2)CCN(CC)C3)cc1. The maximum Gasteiger partial charge on any atom is 0.257 e. The van der Waals surface area contributed by atoms with Crippen molar-refractivity contribution in [2.75, 3.05) is 57.8 Å². The summed E-state index contributed by atoms with van der Waals surface area (Å²) in [6.07, 6.45) is 4.19. The first-order valence-corrected chi connectivity index (χ1v) is 16.7. The van der Waals surface area contributed by atoms with E-state index in [-0.39, 0.29) is 16.7 Å². The molecule has 4 rings (SSSR count). The number of benzene rings is 1. The van der Waals surface area contributed by atoms with Crippen molar-refractivity contribution in [3.05, 3.63) is 45.8 Å². The van der Waals surface area contributed by atoms with Crippen LogP contribution in [0.3, 0.4) is 0 Å². The van der Waals surface area contributed by atoms with Crippen LogP contribution < -0.4 is 5.32 Å². The van der Waals surface area contributed by atoms with Gasteiger partial charge in [-0.1, -0.05) is 33.6 Å². The van der Waals surface area contributed by atoms with Crippen LogP contribution >= 0.6 is 11.3 Å². The second kappa shape index (κ2) is 14.0. The summed E-state index contributed by atoms with van der Waals surface area (Å²) in [6, 6.07) is 6.12. The first kappa shape index (κ1) is 30.6. The third-order valence-electron chi connectivity index (χ3n) is 7.60. The van der Waals surface area contributed by atoms with E-state index in [2.05, 4.69) is 17.1 Å². The molecule has 0 spiro atoms. The van der Waals surface area contributed by atoms with Crippen LogP contribution in [0.4, 0.5) is 5.00 Å². The van der Waals surface area contributed by atoms with Gasteiger partial charge in [0.05, 0.1) is 23.7 Å². The van der Waals surface area contributed by atoms with Crippen LogP contribution in [-0.2, 0) is 27.7 Å². The van der Waals surface area contributed by atoms with Gasteiger partial charge in [-0.2, -0.15) is 4.31 Å². The number of rotatable bonds is 12. The van der Waals surface area contributed by atoms with Crippen LogP contribution in [0, 0.1) is 0 Å². The van der Waals surface area contributed by atoms with Crippen molar-refractivity contribution in [1.82, 2.24) is 14.1 Å². The van der Waals surface area contributed by atoms with Crippen LogP contribution in [-0.4, -0.2) is 86.8 Å². The Morgan fingerprint density at radius 1 is 1.00 bits per heavy atom. The molecule has 2 aromatic rings. The molecule has 1 N–H and O–H groups in total. The minimum atomic E-state index is -3.65. The van der Waals surface area contributed by atoms with Crippen molar-refractivity contribution < 1.29 is 22.7 Å². The predicted molar refractivity (Wildman–Crippen MR) is 159 cm³/mol. The summed E-state index contributed by atoms with van der Waals surface area (Å²) in [5.74, 6) is -0.429. The lowest BCUT2D eigenvalue weighted by Gasteiger charge is -2.29. The summed E-state index contributed by atoms with van der Waals surface area (Å²) >= 11 is 1.47. The number of ether oxygens (including phenoxy) is 1. The lowest BCUT2D eigenvalue weighted by Crippen LogP contribution is -2.41. The van der Waals surface area contributed by atoms with Gasteiger partial charge in [0.25, 0.3) is 11.8 Å². The number of hydrogen-bond acceptors (Lipinski definition) is 7. The monoisotopic (exact) mass is 590 g/mol. The second-order valence-corrected chi connectivity index (χ2v) is 13.4. The summed E-state index contributed by atoms with van der Waals surface area (Å²) in [6.45, 7) is 11.8. The maximum atomic E-state index is 13.6. The highest BCUT2D eigenvalue weighted by molar-refractivity contribution is 7.89. The normalized spacial score (nSPS) is 16.2. The molecule has 40 heavy (non-hydrogen) atoms. The number of likely N-dealkylation sites (N-methyl/N-ethyl adjacent to an activating group) is 1. The molecule has 0 bridgehead atoms. The summed E-state index contributed by atoms with van der Waals surface area (Å²) < 4.78 is 33.6. The number of hydrogen-bond donors (Lipinski definition) is 1. The highest BCUT2D eigenvalue weighted by Crippen LogP contribution is 2.38. The number of anilines is 1. The van der Waals surface area contributed by atoms with Gasteiger partial charge in [0.2, 0.25) is 10.0 Å². The second-order valence-electron chi connectivity index (χ2n) is 10.3. The molecule has 9 nitrogen and oxygen atoms in total. The number of sulfonamides is 1. The molecule has 11 heteroatoms. The van der Waals surface area contributed by atoms with Gasteiger partial charge in [-0.05, 0) is 55.6 Å². The quantitative estimate of drug-likeness (QED) is 0.393. The average Bonchev–Trinajstić information content (AvgIpc) is 3.33. The number of fused-ring (bicyclic) bond motifs is 1. The molecule has 0 saturated carbocycles. The minimum absolute atomic E-state index is 0.0678. The summed E-state index contributed by atoms with van der Waals surface area (Å²) in [5, 5.41) is 3.56. The van der Waals surface area contributed by atoms with E-state index in [0.717, 1.165) is 62.2 Å². The van der Waals surface area contributed by atoms with Crippen LogP contribution in [0.5, 0.6) is 0 Å². The number of amides is 2. The van der Waals surface area contributed by atoms with Gasteiger partial charge < -0.3 is 15.0 Å². The highest BCUT2D eigenvalue weighted by Gasteiger charge is 2.32. The number of nitrogens with zero attached hydrogens (tertiary/aromatic N) is 3. The molecular weight excluding hydrogens is 548 g/mol. The molecule has 2 aliphatic rings. The summed E-state index contributed by atoms with van der Waals surface area (Å²) in [4.78, 5) is 32.4. The Morgan fingerprint density at radius 3 is 2.25 bits per heavy atom. The Kier molecular flexibility index (Phi) is 10.8. The van der Waals surface area contributed by atoms with E-state index >= 15 is 0 Å². The predicted octanol–water partition coefficient (Wildman–Crippen LogP) is 4.44. The van der Waals surface area contributed by atoms with E-state index < -0.39 is 10.0 Å². The Morgan fingerprint density at radius 2 is 1.65 bits per heavy atom. The van der Waals surface area contributed by atoms with E-state index in [1.54, 1.807) is 21.3 Å². The standard InChI is InChI=1S/C29H42N4O5S2/c1-4-7-14-33(15-8-5-2)40(36,37)23-11-9-22(10-12-23)27(34)30-28-26(29(35)32-17-19-38-20-18-32)24-13-16-31(6-3)21-25(24)39-28/h9-12H,4-8,13-21H2,1-3H3,(H,30,34). The molecule has 3 heterocycles. The molecule has 0 unspecified atom stereocenters. The van der Waals surface area contributed by atoms with Gasteiger partial charge in [-0.3, -0.25) is 14.5 Å². The van der Waals surface area contributed by atoms with Crippen molar-refractivity contribution in [2.45, 2.75) is 64.3 Å². The third kappa shape index (κ3) is 6.94. The van der Waals surface area contributed by atoms with E-state index in [9.17, 15) is 18.0 Å². The summed E-state index contributed by atoms with van der Waals surface area (Å²) in [7, 11) is -3.65. The zero-order chi connectivity index (χ0) is 28.7. The van der Waals surface area contributed by atoms with Gasteiger partial charge in [-0.15, -0.1) is 11.3 Å². The highest BCUT2D eigenvalue weighted by atomic mass is 32.2. The fraction of sp³-hybridized carbons (Fsp3) is 0.586. The number of nitrogens with one attached hydrogen (secondary N) is 1. The van der Waals surface area contributed by atoms with Crippen molar-refractivity contribution in [2.24, 2.45) is 0 Å². The van der Waals surface area contributed by atoms with E-state index in [4.69, 9.17) is 4.74 Å². The first-order chi connectivity index (χ1) is 19.3. The van der Waals surface area contributed by atoms with Crippen molar-refractivity contribution in [3.8, 4) is 0 Å². The Bertz CT molecular complexity index is 1260. The molecule has 0 atom stereocenters. The van der Waals surface area contributed by atoms with Crippen molar-refractivity contribution in [1.29, 1.82) is 0 Å². The average molecular weight is 591 g/mol. The zero-order valence-electron chi connectivity index (χ0n) is 23.9. The van der Waals surface area contributed by atoms with Crippen LogP contribution in [0.1, 0.15) is 77.6 Å². The van der Waals surface area contributed by atoms with E-state index in [1.807, 2.05) is 13.8 Å². The molecule has 1 fully saturated rings. The molecule has 0 aliphatic carbocycles. The Balaban J connectivity index is 1.56. The Labute approximate surface area is 242 Å². The molecule has 220 valence electrons. The van der Waals surface area contributed by atoms with Gasteiger partial charge in [-0.25, -0.2) is 8.42 Å². The largest absolute Gasteiger partial charge is 0.378 e. The third-order valence-corrected chi connectivity index (χ3v) is 10.6. The van der Waals surface area contributed by atoms with Gasteiger partial charge in [0.1, 0.15) is 5.00 Å². The number of morpholine rings is 1. The minimum Gasteiger partial charge on any atom is -0.378 e. The van der Waals surface area contributed by atoms with Crippen molar-refractivity contribution >= 4 is 38.2 Å². The Hall–Kier alpha value is -2.31. The molecule has 1 saturated heterocycles. The fourth-order valence-corrected chi connectivity index (χ4v) is 7.88. The fourth-order valence-electron chi connectivity index (χ4n) is 5.09. The zero-order valence-corrected chi connectivity index (χ0v) is 25.5. The van der Waals surface area contributed by atoms with Gasteiger partial charge in [0.15, 0.2) is 0 Å². The van der Waals surface area contributed by atoms with Crippen LogP contribution in [0.25, 0.3) is 0 Å². The smallest absolute Gasteiger partial charge is 0.257 e. The summed E-state index contributed by atoms with van der Waals surface area (Å²) in [5.41, 5.74) is 1.97. The molecular formula is C29H42N4O5S2. The van der Waals surface area contributed by atoms with Crippen LogP contribution in [0.15, 0.2) is 29.2 Å². The molecule has 2 amide bonds. The first-order valence-electron chi connectivity index (χ1n) is 14.5. The number of carbonyl (C=O) groups is 2. The molecule has 2 aliphatic heterocycles. The van der Waals surface area contributed by atoms with Gasteiger partial charge in [0, 0.05) is 49.7 Å². The lowest BCUT2D eigenvalue weighted by atomic mass is 10.0. The number of thiophene rings is 1. The molecule has 1 aromatic heterocycles. The van der Waals surface area contributed by atoms with Crippen LogP contribution in [0.2, 0.25) is 0 Å². The lowest BCUT2D eigenvalue weighted by molar-refractivity contribution is 0.0303. The number of carbonyl (C=O) groups excluding carboxylic acids is 2. The van der Waals surface area contributed by atoms with E-state index in [0.29, 0.717) is 55.5 Å². The number of unbranched alkanes of at least 4 members (excludes halogenated alkanes) is 2. The van der Waals surface area contributed by atoms with Gasteiger partial charge >= 0.3 is 0 Å². The maximum absolute atomic E-state index is 13.6. The van der Waals surface area contributed by atoms with Crippen molar-refractivity contribution in [3.63, 3.8) is 0 Å². The van der Waals surface area contributed by atoms with E-state index in [1.165, 1.54) is 23.5 Å².